The van der Waals surface area contributed by atoms with Crippen molar-refractivity contribution in [1.82, 2.24) is 0 Å². The minimum Gasteiger partial charge on any atom is -0.377 e. The summed E-state index contributed by atoms with van der Waals surface area (Å²) in [6.07, 6.45) is 4.65. The quantitative estimate of drug-likeness (QED) is 0.434. The molecule has 1 aliphatic heterocycles. The van der Waals surface area contributed by atoms with E-state index in [1.165, 1.54) is 18.4 Å². The summed E-state index contributed by atoms with van der Waals surface area (Å²) < 4.78 is 5.24. The number of allylic oxidation sites excluding steroid dienone is 1. The average molecular weight is 112 g/mol. The fraction of sp³-hybridized carbons (Fsp3) is 0.714. The third-order valence-corrected chi connectivity index (χ3v) is 1.32. The predicted octanol–water partition coefficient (Wildman–Crippen LogP) is 1.74. The molecule has 1 heteroatoms. The Morgan fingerprint density at radius 2 is 2.50 bits per heavy atom. The highest BCUT2D eigenvalue weighted by molar-refractivity contribution is 4.98. The van der Waals surface area contributed by atoms with Crippen molar-refractivity contribution in [2.45, 2.75) is 19.8 Å². The third-order valence-electron chi connectivity index (χ3n) is 1.32. The molecule has 0 aliphatic carbocycles. The molecule has 0 atom stereocenters. The Labute approximate surface area is 50.3 Å². The number of hydrogen-bond acceptors (Lipinski definition) is 1. The Kier molecular flexibility index (Phi) is 2.10. The van der Waals surface area contributed by atoms with Gasteiger partial charge in [0, 0.05) is 6.61 Å². The van der Waals surface area contributed by atoms with E-state index >= 15 is 0 Å². The first-order chi connectivity index (χ1) is 3.89. The van der Waals surface area contributed by atoms with Crippen molar-refractivity contribution in [3.05, 3.63) is 11.6 Å². The molecule has 1 nitrogen and oxygen atoms in total. The van der Waals surface area contributed by atoms with E-state index in [1.807, 2.05) is 0 Å². The van der Waals surface area contributed by atoms with Crippen LogP contribution in [0, 0.1) is 0 Å². The second-order valence-electron chi connectivity index (χ2n) is 2.25. The average Bonchev–Trinajstić information content (AvgIpc) is 1.94. The van der Waals surface area contributed by atoms with Gasteiger partial charge in [0.1, 0.15) is 0 Å². The summed E-state index contributed by atoms with van der Waals surface area (Å²) in [5.41, 5.74) is 1.38. The van der Waals surface area contributed by atoms with Gasteiger partial charge in [-0.05, 0) is 19.8 Å². The summed E-state index contributed by atoms with van der Waals surface area (Å²) in [6.45, 7) is 3.90. The van der Waals surface area contributed by atoms with Crippen LogP contribution in [-0.2, 0) is 4.74 Å². The first-order valence-corrected chi connectivity index (χ1v) is 3.13. The fourth-order valence-electron chi connectivity index (χ4n) is 0.826. The molecule has 0 radical (unpaired) electrons. The predicted molar refractivity (Wildman–Crippen MR) is 33.8 cm³/mol. The lowest BCUT2D eigenvalue weighted by Gasteiger charge is -1.95. The van der Waals surface area contributed by atoms with Gasteiger partial charge in [-0.25, -0.2) is 0 Å². The molecule has 1 aliphatic rings. The first kappa shape index (κ1) is 5.83. The van der Waals surface area contributed by atoms with Crippen molar-refractivity contribution >= 4 is 0 Å². The second kappa shape index (κ2) is 2.88. The van der Waals surface area contributed by atoms with E-state index in [9.17, 15) is 0 Å². The number of hydrogen-bond donors (Lipinski definition) is 0. The maximum absolute atomic E-state index is 5.24. The van der Waals surface area contributed by atoms with Gasteiger partial charge in [0.2, 0.25) is 0 Å². The summed E-state index contributed by atoms with van der Waals surface area (Å²) in [5.74, 6) is 0. The highest BCUT2D eigenvalue weighted by atomic mass is 16.5. The summed E-state index contributed by atoms with van der Waals surface area (Å²) in [5, 5.41) is 0. The molecule has 0 bridgehead atoms. The zero-order valence-electron chi connectivity index (χ0n) is 5.31. The van der Waals surface area contributed by atoms with E-state index < -0.39 is 0 Å². The van der Waals surface area contributed by atoms with Gasteiger partial charge in [-0.1, -0.05) is 11.6 Å². The van der Waals surface area contributed by atoms with E-state index in [2.05, 4.69) is 13.0 Å². The second-order valence-corrected chi connectivity index (χ2v) is 2.25. The lowest BCUT2D eigenvalue weighted by molar-refractivity contribution is 0.159. The van der Waals surface area contributed by atoms with Crippen LogP contribution in [0.4, 0.5) is 0 Å². The first-order valence-electron chi connectivity index (χ1n) is 3.13. The molecule has 8 heavy (non-hydrogen) atoms. The van der Waals surface area contributed by atoms with E-state index in [4.69, 9.17) is 4.74 Å². The van der Waals surface area contributed by atoms with Crippen LogP contribution in [0.1, 0.15) is 19.8 Å². The van der Waals surface area contributed by atoms with Crippen molar-refractivity contribution in [2.24, 2.45) is 0 Å². The number of rotatable bonds is 0. The molecule has 0 aromatic rings. The molecule has 0 amide bonds. The molecule has 0 spiro atoms. The Hall–Kier alpha value is -0.300. The molecule has 1 heterocycles. The molecule has 0 fully saturated rings. The normalized spacial score (nSPS) is 21.9. The third kappa shape index (κ3) is 1.66. The summed E-state index contributed by atoms with van der Waals surface area (Å²) in [7, 11) is 0. The maximum Gasteiger partial charge on any atom is 0.0674 e. The molecule has 0 unspecified atom stereocenters. The molecule has 1 rings (SSSR count). The van der Waals surface area contributed by atoms with E-state index in [0.717, 1.165) is 13.2 Å². The Bertz CT molecular complexity index is 94.6. The highest BCUT2D eigenvalue weighted by Crippen LogP contribution is 2.04. The molecule has 0 aromatic heterocycles. The molecule has 0 N–H and O–H groups in total. The van der Waals surface area contributed by atoms with Crippen molar-refractivity contribution in [1.29, 1.82) is 0 Å². The van der Waals surface area contributed by atoms with Crippen LogP contribution in [0.3, 0.4) is 0 Å². The minimum atomic E-state index is 0.847. The van der Waals surface area contributed by atoms with Gasteiger partial charge in [-0.15, -0.1) is 0 Å². The summed E-state index contributed by atoms with van der Waals surface area (Å²) in [6, 6.07) is 0. The van der Waals surface area contributed by atoms with Gasteiger partial charge >= 0.3 is 0 Å². The summed E-state index contributed by atoms with van der Waals surface area (Å²) in [4.78, 5) is 0. The minimum absolute atomic E-state index is 0.847. The van der Waals surface area contributed by atoms with Crippen LogP contribution in [0.25, 0.3) is 0 Å². The number of ether oxygens (including phenoxy) is 1. The van der Waals surface area contributed by atoms with Gasteiger partial charge in [0.15, 0.2) is 0 Å². The molecule has 46 valence electrons. The van der Waals surface area contributed by atoms with Gasteiger partial charge < -0.3 is 4.74 Å². The highest BCUT2D eigenvalue weighted by Gasteiger charge is 1.94. The molecule has 0 saturated carbocycles. The maximum atomic E-state index is 5.24. The lowest BCUT2D eigenvalue weighted by atomic mass is 10.2. The van der Waals surface area contributed by atoms with Gasteiger partial charge in [-0.2, -0.15) is 0 Å². The van der Waals surface area contributed by atoms with E-state index in [-0.39, 0.29) is 0 Å². The van der Waals surface area contributed by atoms with Crippen LogP contribution in [0.2, 0.25) is 0 Å². The van der Waals surface area contributed by atoms with E-state index in [1.54, 1.807) is 0 Å². The van der Waals surface area contributed by atoms with Crippen molar-refractivity contribution < 1.29 is 4.74 Å². The fourth-order valence-corrected chi connectivity index (χ4v) is 0.826. The molecule has 0 saturated heterocycles. The van der Waals surface area contributed by atoms with Crippen LogP contribution in [-0.4, -0.2) is 13.2 Å². The van der Waals surface area contributed by atoms with Crippen molar-refractivity contribution in [3.8, 4) is 0 Å². The van der Waals surface area contributed by atoms with Crippen LogP contribution in [0.5, 0.6) is 0 Å². The van der Waals surface area contributed by atoms with Crippen molar-refractivity contribution in [3.63, 3.8) is 0 Å². The molecule has 0 aromatic carbocycles. The monoisotopic (exact) mass is 112 g/mol. The zero-order chi connectivity index (χ0) is 5.82. The van der Waals surface area contributed by atoms with Gasteiger partial charge in [0.25, 0.3) is 0 Å². The SMILES string of the molecule is CC1=CCCCOC1. The Morgan fingerprint density at radius 1 is 1.62 bits per heavy atom. The topological polar surface area (TPSA) is 9.23 Å². The molecular formula is C7H12O. The van der Waals surface area contributed by atoms with Gasteiger partial charge in [0.05, 0.1) is 6.61 Å². The Balaban J connectivity index is 2.36. The standard InChI is InChI=1S/C7H12O/c1-7-4-2-3-5-8-6-7/h4H,2-3,5-6H2,1H3. The van der Waals surface area contributed by atoms with Crippen molar-refractivity contribution in [2.75, 3.05) is 13.2 Å². The van der Waals surface area contributed by atoms with Crippen LogP contribution < -0.4 is 0 Å². The summed E-state index contributed by atoms with van der Waals surface area (Å²) >= 11 is 0. The Morgan fingerprint density at radius 3 is 3.38 bits per heavy atom. The largest absolute Gasteiger partial charge is 0.377 e. The van der Waals surface area contributed by atoms with Crippen LogP contribution in [0.15, 0.2) is 11.6 Å². The van der Waals surface area contributed by atoms with E-state index in [0.29, 0.717) is 0 Å². The molecular weight excluding hydrogens is 100 g/mol. The van der Waals surface area contributed by atoms with Gasteiger partial charge in [-0.3, -0.25) is 0 Å². The smallest absolute Gasteiger partial charge is 0.0674 e. The lowest BCUT2D eigenvalue weighted by Crippen LogP contribution is -1.92. The zero-order valence-corrected chi connectivity index (χ0v) is 5.31. The van der Waals surface area contributed by atoms with Crippen LogP contribution >= 0.6 is 0 Å².